The predicted octanol–water partition coefficient (Wildman–Crippen LogP) is 4.18. The zero-order valence-electron chi connectivity index (χ0n) is 13.0. The Morgan fingerprint density at radius 1 is 1.00 bits per heavy atom. The van der Waals surface area contributed by atoms with Crippen LogP contribution in [0.5, 0.6) is 5.75 Å². The molecule has 0 bridgehead atoms. The van der Waals surface area contributed by atoms with Crippen molar-refractivity contribution in [3.8, 4) is 17.3 Å². The van der Waals surface area contributed by atoms with Crippen molar-refractivity contribution in [2.45, 2.75) is 6.61 Å². The number of hydrogen-bond donors (Lipinski definition) is 0. The minimum absolute atomic E-state index is 0.379. The maximum absolute atomic E-state index is 5.89. The van der Waals surface area contributed by atoms with E-state index in [1.54, 1.807) is 10.8 Å². The minimum Gasteiger partial charge on any atom is -0.486 e. The molecule has 3 aromatic heterocycles. The molecule has 25 heavy (non-hydrogen) atoms. The van der Waals surface area contributed by atoms with Gasteiger partial charge in [-0.05, 0) is 35.0 Å². The first-order valence-electron chi connectivity index (χ1n) is 7.73. The average Bonchev–Trinajstić information content (AvgIpc) is 3.36. The van der Waals surface area contributed by atoms with E-state index in [4.69, 9.17) is 9.15 Å². The number of nitrogens with zero attached hydrogens (tertiary/aromatic N) is 4. The number of benzene rings is 2. The quantitative estimate of drug-likeness (QED) is 0.487. The zero-order valence-corrected chi connectivity index (χ0v) is 13.8. The molecular formula is C18H12N4O2S. The monoisotopic (exact) mass is 348 g/mol. The van der Waals surface area contributed by atoms with E-state index in [-0.39, 0.29) is 0 Å². The molecule has 0 amide bonds. The fourth-order valence-electron chi connectivity index (χ4n) is 2.68. The van der Waals surface area contributed by atoms with E-state index in [1.807, 2.05) is 36.4 Å². The third kappa shape index (κ3) is 2.54. The molecule has 122 valence electrons. The Morgan fingerprint density at radius 2 is 1.92 bits per heavy atom. The molecule has 0 aliphatic heterocycles. The van der Waals surface area contributed by atoms with Crippen LogP contribution in [0.3, 0.4) is 0 Å². The van der Waals surface area contributed by atoms with Gasteiger partial charge in [-0.1, -0.05) is 41.7 Å². The lowest BCUT2D eigenvalue weighted by atomic mass is 10.1. The van der Waals surface area contributed by atoms with E-state index in [2.05, 4.69) is 33.5 Å². The predicted molar refractivity (Wildman–Crippen MR) is 94.6 cm³/mol. The van der Waals surface area contributed by atoms with Gasteiger partial charge in [0.05, 0.1) is 6.26 Å². The van der Waals surface area contributed by atoms with Crippen LogP contribution >= 0.6 is 11.3 Å². The SMILES string of the molecule is c1coc(-c2nnc3sc(COc4ccc5ccccc5c4)nn23)c1. The summed E-state index contributed by atoms with van der Waals surface area (Å²) in [4.78, 5) is 0.712. The lowest BCUT2D eigenvalue weighted by molar-refractivity contribution is 0.304. The number of rotatable bonds is 4. The highest BCUT2D eigenvalue weighted by Gasteiger charge is 2.15. The van der Waals surface area contributed by atoms with Gasteiger partial charge in [0.1, 0.15) is 12.4 Å². The Kier molecular flexibility index (Phi) is 3.24. The van der Waals surface area contributed by atoms with Crippen LogP contribution in [-0.2, 0) is 6.61 Å². The molecule has 7 heteroatoms. The van der Waals surface area contributed by atoms with Crippen molar-refractivity contribution >= 4 is 27.1 Å². The summed E-state index contributed by atoms with van der Waals surface area (Å²) in [6, 6.07) is 17.9. The number of fused-ring (bicyclic) bond motifs is 2. The van der Waals surface area contributed by atoms with Crippen molar-refractivity contribution < 1.29 is 9.15 Å². The van der Waals surface area contributed by atoms with Crippen LogP contribution < -0.4 is 4.74 Å². The summed E-state index contributed by atoms with van der Waals surface area (Å²) in [5.41, 5.74) is 0. The summed E-state index contributed by atoms with van der Waals surface area (Å²) in [5, 5.41) is 16.0. The summed E-state index contributed by atoms with van der Waals surface area (Å²) >= 11 is 1.45. The van der Waals surface area contributed by atoms with Crippen LogP contribution in [-0.4, -0.2) is 19.8 Å². The van der Waals surface area contributed by atoms with Crippen molar-refractivity contribution in [1.82, 2.24) is 19.8 Å². The molecule has 0 aliphatic carbocycles. The van der Waals surface area contributed by atoms with Crippen LogP contribution in [0.15, 0.2) is 65.3 Å². The fourth-order valence-corrected chi connectivity index (χ4v) is 3.42. The summed E-state index contributed by atoms with van der Waals surface area (Å²) in [6.45, 7) is 0.379. The van der Waals surface area contributed by atoms with Crippen molar-refractivity contribution in [3.63, 3.8) is 0 Å². The summed E-state index contributed by atoms with van der Waals surface area (Å²) in [5.74, 6) is 2.05. The standard InChI is InChI=1S/C18H12N4O2S/c1-2-5-13-10-14(8-7-12(13)4-1)24-11-16-21-22-17(15-6-3-9-23-15)19-20-18(22)25-16/h1-10H,11H2. The van der Waals surface area contributed by atoms with E-state index in [0.29, 0.717) is 23.2 Å². The van der Waals surface area contributed by atoms with Crippen LogP contribution in [0.1, 0.15) is 5.01 Å². The van der Waals surface area contributed by atoms with Gasteiger partial charge in [0, 0.05) is 0 Å². The lowest BCUT2D eigenvalue weighted by Crippen LogP contribution is -1.97. The highest BCUT2D eigenvalue weighted by atomic mass is 32.1. The third-order valence-corrected chi connectivity index (χ3v) is 4.73. The molecular weight excluding hydrogens is 336 g/mol. The first kappa shape index (κ1) is 14.2. The molecule has 0 aliphatic rings. The van der Waals surface area contributed by atoms with Gasteiger partial charge in [-0.3, -0.25) is 0 Å². The minimum atomic E-state index is 0.379. The maximum Gasteiger partial charge on any atom is 0.235 e. The normalized spacial score (nSPS) is 11.4. The van der Waals surface area contributed by atoms with Crippen molar-refractivity contribution in [1.29, 1.82) is 0 Å². The van der Waals surface area contributed by atoms with E-state index < -0.39 is 0 Å². The van der Waals surface area contributed by atoms with Gasteiger partial charge in [-0.25, -0.2) is 0 Å². The first-order chi connectivity index (χ1) is 12.4. The first-order valence-corrected chi connectivity index (χ1v) is 8.55. The second kappa shape index (κ2) is 5.71. The van der Waals surface area contributed by atoms with Crippen molar-refractivity contribution in [2.24, 2.45) is 0 Å². The van der Waals surface area contributed by atoms with Gasteiger partial charge in [-0.2, -0.15) is 9.61 Å². The molecule has 0 unspecified atom stereocenters. The second-order valence-corrected chi connectivity index (χ2v) is 6.53. The molecule has 2 aromatic carbocycles. The van der Waals surface area contributed by atoms with Crippen LogP contribution in [0.4, 0.5) is 0 Å². The molecule has 3 heterocycles. The van der Waals surface area contributed by atoms with Gasteiger partial charge in [0.2, 0.25) is 10.8 Å². The molecule has 0 atom stereocenters. The second-order valence-electron chi connectivity index (χ2n) is 5.49. The average molecular weight is 348 g/mol. The summed E-state index contributed by atoms with van der Waals surface area (Å²) in [6.07, 6.45) is 1.60. The molecule has 0 saturated heterocycles. The summed E-state index contributed by atoms with van der Waals surface area (Å²) in [7, 11) is 0. The number of furan rings is 1. The smallest absolute Gasteiger partial charge is 0.235 e. The van der Waals surface area contributed by atoms with Crippen LogP contribution in [0, 0.1) is 0 Å². The van der Waals surface area contributed by atoms with Gasteiger partial charge in [0.25, 0.3) is 0 Å². The zero-order chi connectivity index (χ0) is 16.6. The Hall–Kier alpha value is -3.19. The number of hydrogen-bond acceptors (Lipinski definition) is 6. The largest absolute Gasteiger partial charge is 0.486 e. The van der Waals surface area contributed by atoms with E-state index in [0.717, 1.165) is 16.1 Å². The van der Waals surface area contributed by atoms with Gasteiger partial charge in [-0.15, -0.1) is 10.2 Å². The lowest BCUT2D eigenvalue weighted by Gasteiger charge is -2.05. The molecule has 0 radical (unpaired) electrons. The van der Waals surface area contributed by atoms with E-state index in [9.17, 15) is 0 Å². The van der Waals surface area contributed by atoms with E-state index in [1.165, 1.54) is 16.7 Å². The molecule has 5 aromatic rings. The van der Waals surface area contributed by atoms with Crippen molar-refractivity contribution in [2.75, 3.05) is 0 Å². The number of ether oxygens (including phenoxy) is 1. The number of aromatic nitrogens is 4. The third-order valence-electron chi connectivity index (χ3n) is 3.86. The highest BCUT2D eigenvalue weighted by molar-refractivity contribution is 7.16. The van der Waals surface area contributed by atoms with Crippen LogP contribution in [0.25, 0.3) is 27.3 Å². The molecule has 5 rings (SSSR count). The topological polar surface area (TPSA) is 65.5 Å². The van der Waals surface area contributed by atoms with Gasteiger partial charge in [0.15, 0.2) is 10.8 Å². The Labute approximate surface area is 146 Å². The highest BCUT2D eigenvalue weighted by Crippen LogP contribution is 2.24. The van der Waals surface area contributed by atoms with Crippen LogP contribution in [0.2, 0.25) is 0 Å². The van der Waals surface area contributed by atoms with Crippen molar-refractivity contribution in [3.05, 3.63) is 65.9 Å². The summed E-state index contributed by atoms with van der Waals surface area (Å²) < 4.78 is 13.0. The van der Waals surface area contributed by atoms with Gasteiger partial charge >= 0.3 is 0 Å². The molecule has 0 saturated carbocycles. The van der Waals surface area contributed by atoms with Gasteiger partial charge < -0.3 is 9.15 Å². The maximum atomic E-state index is 5.89. The molecule has 0 fully saturated rings. The fraction of sp³-hybridized carbons (Fsp3) is 0.0556. The Bertz CT molecular complexity index is 1160. The molecule has 6 nitrogen and oxygen atoms in total. The Balaban J connectivity index is 1.40. The molecule has 0 N–H and O–H groups in total. The molecule has 0 spiro atoms. The Morgan fingerprint density at radius 3 is 2.80 bits per heavy atom. The van der Waals surface area contributed by atoms with E-state index >= 15 is 0 Å².